The lowest BCUT2D eigenvalue weighted by atomic mass is 9.77. The normalized spacial score (nSPS) is 18.2. The van der Waals surface area contributed by atoms with Crippen LogP contribution in [0.2, 0.25) is 0 Å². The highest BCUT2D eigenvalue weighted by molar-refractivity contribution is 5.87. The summed E-state index contributed by atoms with van der Waals surface area (Å²) in [4.78, 5) is 28.4. The second-order valence-corrected chi connectivity index (χ2v) is 9.69. The molecule has 1 saturated heterocycles. The van der Waals surface area contributed by atoms with Crippen LogP contribution >= 0.6 is 0 Å². The number of carbonyl (C=O) groups excluding carboxylic acids is 1. The van der Waals surface area contributed by atoms with E-state index in [2.05, 4.69) is 47.9 Å². The first-order valence-electron chi connectivity index (χ1n) is 11.6. The first-order valence-corrected chi connectivity index (χ1v) is 11.6. The average Bonchev–Trinajstić information content (AvgIpc) is 3.25. The molecule has 2 aromatic carbocycles. The van der Waals surface area contributed by atoms with Crippen molar-refractivity contribution in [2.75, 3.05) is 0 Å². The summed E-state index contributed by atoms with van der Waals surface area (Å²) in [5.41, 5.74) is 3.36. The molecule has 3 heterocycles. The van der Waals surface area contributed by atoms with Gasteiger partial charge in [-0.1, -0.05) is 60.7 Å². The van der Waals surface area contributed by atoms with Gasteiger partial charge < -0.3 is 14.2 Å². The van der Waals surface area contributed by atoms with Gasteiger partial charge in [-0.05, 0) is 38.3 Å². The molecule has 5 rings (SSSR count). The highest BCUT2D eigenvalue weighted by Crippen LogP contribution is 2.46. The van der Waals surface area contributed by atoms with Gasteiger partial charge in [-0.15, -0.1) is 0 Å². The lowest BCUT2D eigenvalue weighted by molar-refractivity contribution is -0.167. The first-order chi connectivity index (χ1) is 16.4. The largest absolute Gasteiger partial charge is 0.471 e. The van der Waals surface area contributed by atoms with Crippen molar-refractivity contribution in [1.29, 1.82) is 0 Å². The Labute approximate surface area is 199 Å². The SMILES string of the molecule is CC(C)(C)N1C(=O)[C@H](CCn2cnc3c(OCc4ccccc4)ncnc32)[C@H]1c1ccccc1. The molecule has 174 valence electrons. The molecule has 1 aliphatic heterocycles. The van der Waals surface area contributed by atoms with E-state index in [1.165, 1.54) is 11.9 Å². The molecule has 2 aromatic heterocycles. The highest BCUT2D eigenvalue weighted by atomic mass is 16.5. The Morgan fingerprint density at radius 3 is 2.35 bits per heavy atom. The summed E-state index contributed by atoms with van der Waals surface area (Å²) in [6.45, 7) is 7.33. The molecular weight excluding hydrogens is 426 g/mol. The van der Waals surface area contributed by atoms with Gasteiger partial charge in [0.15, 0.2) is 11.2 Å². The van der Waals surface area contributed by atoms with Gasteiger partial charge in [0.05, 0.1) is 18.3 Å². The van der Waals surface area contributed by atoms with Crippen LogP contribution in [0.4, 0.5) is 0 Å². The van der Waals surface area contributed by atoms with Crippen molar-refractivity contribution in [3.05, 3.63) is 84.4 Å². The average molecular weight is 456 g/mol. The third-order valence-electron chi connectivity index (χ3n) is 6.34. The summed E-state index contributed by atoms with van der Waals surface area (Å²) in [5.74, 6) is 0.593. The fraction of sp³-hybridized carbons (Fsp3) is 0.333. The maximum Gasteiger partial charge on any atom is 0.245 e. The van der Waals surface area contributed by atoms with Crippen LogP contribution in [0.1, 0.15) is 44.4 Å². The maximum atomic E-state index is 13.1. The number of fused-ring (bicyclic) bond motifs is 1. The van der Waals surface area contributed by atoms with E-state index in [0.717, 1.165) is 5.56 Å². The Morgan fingerprint density at radius 1 is 0.941 bits per heavy atom. The zero-order valence-electron chi connectivity index (χ0n) is 19.8. The number of hydrogen-bond acceptors (Lipinski definition) is 5. The van der Waals surface area contributed by atoms with Crippen molar-refractivity contribution in [1.82, 2.24) is 24.4 Å². The molecule has 1 aliphatic rings. The standard InChI is InChI=1S/C27H29N5O2/c1-27(2,3)32-23(20-12-8-5-9-13-20)21(26(32)33)14-15-31-18-30-22-24(31)28-17-29-25(22)34-16-19-10-6-4-7-11-19/h4-13,17-18,21,23H,14-16H2,1-3H3/t21-,23-/m1/s1. The molecule has 34 heavy (non-hydrogen) atoms. The fourth-order valence-corrected chi connectivity index (χ4v) is 4.74. The van der Waals surface area contributed by atoms with Gasteiger partial charge in [0.25, 0.3) is 0 Å². The number of β-lactam (4-membered cyclic amide) rings is 1. The van der Waals surface area contributed by atoms with E-state index < -0.39 is 0 Å². The molecule has 0 bridgehead atoms. The number of benzene rings is 2. The molecule has 4 aromatic rings. The van der Waals surface area contributed by atoms with Crippen molar-refractivity contribution in [2.45, 2.75) is 51.9 Å². The maximum absolute atomic E-state index is 13.1. The number of nitrogens with zero attached hydrogens (tertiary/aromatic N) is 5. The van der Waals surface area contributed by atoms with Gasteiger partial charge in [-0.2, -0.15) is 4.98 Å². The Balaban J connectivity index is 1.33. The minimum atomic E-state index is -0.228. The molecule has 0 aliphatic carbocycles. The quantitative estimate of drug-likeness (QED) is 0.375. The predicted molar refractivity (Wildman–Crippen MR) is 130 cm³/mol. The van der Waals surface area contributed by atoms with Gasteiger partial charge >= 0.3 is 0 Å². The third kappa shape index (κ3) is 4.14. The number of likely N-dealkylation sites (tertiary alicyclic amines) is 1. The number of hydrogen-bond donors (Lipinski definition) is 0. The lowest BCUT2D eigenvalue weighted by Crippen LogP contribution is -2.62. The van der Waals surface area contributed by atoms with E-state index in [4.69, 9.17) is 4.74 Å². The van der Waals surface area contributed by atoms with Crippen molar-refractivity contribution in [3.8, 4) is 5.88 Å². The van der Waals surface area contributed by atoms with Crippen LogP contribution < -0.4 is 4.74 Å². The van der Waals surface area contributed by atoms with E-state index in [0.29, 0.717) is 36.6 Å². The molecule has 0 radical (unpaired) electrons. The van der Waals surface area contributed by atoms with Crippen molar-refractivity contribution in [3.63, 3.8) is 0 Å². The van der Waals surface area contributed by atoms with E-state index >= 15 is 0 Å². The molecular formula is C27H29N5O2. The van der Waals surface area contributed by atoms with Crippen LogP contribution in [-0.4, -0.2) is 35.9 Å². The predicted octanol–water partition coefficient (Wildman–Crippen LogP) is 4.79. The minimum absolute atomic E-state index is 0.0721. The number of aromatic nitrogens is 4. The molecule has 0 saturated carbocycles. The highest BCUT2D eigenvalue weighted by Gasteiger charge is 2.51. The number of ether oxygens (including phenoxy) is 1. The first kappa shape index (κ1) is 22.1. The van der Waals surface area contributed by atoms with E-state index in [1.54, 1.807) is 6.33 Å². The molecule has 0 N–H and O–H groups in total. The molecule has 7 heteroatoms. The minimum Gasteiger partial charge on any atom is -0.471 e. The summed E-state index contributed by atoms with van der Waals surface area (Å²) in [6, 6.07) is 20.3. The van der Waals surface area contributed by atoms with Crippen molar-refractivity contribution < 1.29 is 9.53 Å². The van der Waals surface area contributed by atoms with Gasteiger partial charge in [0.1, 0.15) is 12.9 Å². The third-order valence-corrected chi connectivity index (χ3v) is 6.34. The molecule has 1 amide bonds. The Morgan fingerprint density at radius 2 is 1.65 bits per heavy atom. The monoisotopic (exact) mass is 455 g/mol. The Bertz CT molecular complexity index is 1280. The van der Waals surface area contributed by atoms with Crippen molar-refractivity contribution in [2.24, 2.45) is 5.92 Å². The number of rotatable bonds is 7. The topological polar surface area (TPSA) is 73.1 Å². The van der Waals surface area contributed by atoms with Gasteiger partial charge in [0.2, 0.25) is 11.8 Å². The summed E-state index contributed by atoms with van der Waals surface area (Å²) >= 11 is 0. The smallest absolute Gasteiger partial charge is 0.245 e. The summed E-state index contributed by atoms with van der Waals surface area (Å²) in [7, 11) is 0. The second-order valence-electron chi connectivity index (χ2n) is 9.69. The van der Waals surface area contributed by atoms with Crippen LogP contribution in [0, 0.1) is 5.92 Å². The zero-order chi connectivity index (χ0) is 23.7. The summed E-state index contributed by atoms with van der Waals surface area (Å²) in [5, 5.41) is 0. The Kier molecular flexibility index (Phi) is 5.77. The molecule has 1 fully saturated rings. The van der Waals surface area contributed by atoms with Gasteiger partial charge in [0, 0.05) is 12.1 Å². The fourth-order valence-electron chi connectivity index (χ4n) is 4.74. The number of aryl methyl sites for hydroxylation is 1. The molecule has 7 nitrogen and oxygen atoms in total. The van der Waals surface area contributed by atoms with Crippen LogP contribution in [0.15, 0.2) is 73.3 Å². The van der Waals surface area contributed by atoms with E-state index in [1.807, 2.05) is 58.0 Å². The number of imidazole rings is 1. The zero-order valence-corrected chi connectivity index (χ0v) is 19.8. The molecule has 0 spiro atoms. The number of amides is 1. The van der Waals surface area contributed by atoms with E-state index in [-0.39, 0.29) is 23.4 Å². The Hall–Kier alpha value is -3.74. The lowest BCUT2D eigenvalue weighted by Gasteiger charge is -2.54. The summed E-state index contributed by atoms with van der Waals surface area (Å²) < 4.78 is 7.92. The molecule has 2 atom stereocenters. The van der Waals surface area contributed by atoms with Crippen LogP contribution in [0.5, 0.6) is 5.88 Å². The van der Waals surface area contributed by atoms with E-state index in [9.17, 15) is 4.79 Å². The van der Waals surface area contributed by atoms with Crippen molar-refractivity contribution >= 4 is 17.1 Å². The second kappa shape index (κ2) is 8.89. The van der Waals surface area contributed by atoms with Crippen LogP contribution in [0.3, 0.4) is 0 Å². The summed E-state index contributed by atoms with van der Waals surface area (Å²) in [6.07, 6.45) is 3.97. The van der Waals surface area contributed by atoms with Crippen LogP contribution in [0.25, 0.3) is 11.2 Å². The molecule has 0 unspecified atom stereocenters. The van der Waals surface area contributed by atoms with Gasteiger partial charge in [-0.3, -0.25) is 4.79 Å². The van der Waals surface area contributed by atoms with Gasteiger partial charge in [-0.25, -0.2) is 9.97 Å². The van der Waals surface area contributed by atoms with Crippen LogP contribution in [-0.2, 0) is 17.9 Å². The number of carbonyl (C=O) groups is 1.